The molecule has 3 aromatic carbocycles. The Bertz CT molecular complexity index is 1030. The SMILES string of the molecule is Cc1ccccc1Nc1cc(Cl)ccc1C(=O)N/N=C/c1ccc(N(C)C)cc1. The molecule has 2 N–H and O–H groups in total. The maximum Gasteiger partial charge on any atom is 0.273 e. The molecule has 29 heavy (non-hydrogen) atoms. The standard InChI is InChI=1S/C23H23ClN4O/c1-16-6-4-5-7-21(16)26-22-14-18(24)10-13-20(22)23(29)27-25-15-17-8-11-19(12-9-17)28(2)3/h4-15,26H,1-3H3,(H,27,29)/b25-15+. The zero-order valence-electron chi connectivity index (χ0n) is 16.6. The molecule has 0 saturated heterocycles. The van der Waals surface area contributed by atoms with E-state index in [0.29, 0.717) is 16.3 Å². The lowest BCUT2D eigenvalue weighted by atomic mass is 10.1. The van der Waals surface area contributed by atoms with Crippen LogP contribution in [0.25, 0.3) is 0 Å². The van der Waals surface area contributed by atoms with Gasteiger partial charge >= 0.3 is 0 Å². The number of aryl methyl sites for hydroxylation is 1. The fourth-order valence-electron chi connectivity index (χ4n) is 2.76. The van der Waals surface area contributed by atoms with Crippen LogP contribution < -0.4 is 15.6 Å². The molecule has 3 rings (SSSR count). The van der Waals surface area contributed by atoms with Gasteiger partial charge < -0.3 is 10.2 Å². The van der Waals surface area contributed by atoms with Crippen LogP contribution in [-0.4, -0.2) is 26.2 Å². The van der Waals surface area contributed by atoms with Gasteiger partial charge in [0.25, 0.3) is 5.91 Å². The highest BCUT2D eigenvalue weighted by molar-refractivity contribution is 6.31. The predicted octanol–water partition coefficient (Wildman–Crippen LogP) is 5.22. The van der Waals surface area contributed by atoms with Gasteiger partial charge in [0.2, 0.25) is 0 Å². The van der Waals surface area contributed by atoms with Crippen LogP contribution in [0.4, 0.5) is 17.1 Å². The summed E-state index contributed by atoms with van der Waals surface area (Å²) >= 11 is 6.14. The highest BCUT2D eigenvalue weighted by Crippen LogP contribution is 2.26. The van der Waals surface area contributed by atoms with Gasteiger partial charge in [0.1, 0.15) is 0 Å². The Hall–Kier alpha value is -3.31. The maximum atomic E-state index is 12.7. The Balaban J connectivity index is 1.74. The smallest absolute Gasteiger partial charge is 0.273 e. The number of carbonyl (C=O) groups is 1. The van der Waals surface area contributed by atoms with E-state index >= 15 is 0 Å². The summed E-state index contributed by atoms with van der Waals surface area (Å²) < 4.78 is 0. The van der Waals surface area contributed by atoms with Crippen molar-refractivity contribution in [3.05, 3.63) is 88.4 Å². The first-order chi connectivity index (χ1) is 13.9. The lowest BCUT2D eigenvalue weighted by molar-refractivity contribution is 0.0956. The number of nitrogens with zero attached hydrogens (tertiary/aromatic N) is 2. The number of hydrogen-bond donors (Lipinski definition) is 2. The summed E-state index contributed by atoms with van der Waals surface area (Å²) in [5, 5.41) is 7.91. The molecule has 6 heteroatoms. The van der Waals surface area contributed by atoms with Crippen LogP contribution in [0.3, 0.4) is 0 Å². The molecule has 0 atom stereocenters. The number of rotatable bonds is 6. The van der Waals surface area contributed by atoms with E-state index < -0.39 is 0 Å². The highest BCUT2D eigenvalue weighted by atomic mass is 35.5. The minimum absolute atomic E-state index is 0.320. The fourth-order valence-corrected chi connectivity index (χ4v) is 2.93. The molecule has 0 aliphatic carbocycles. The second kappa shape index (κ2) is 9.26. The van der Waals surface area contributed by atoms with Crippen LogP contribution in [0, 0.1) is 6.92 Å². The molecule has 0 aliphatic rings. The summed E-state index contributed by atoms with van der Waals surface area (Å²) in [6.07, 6.45) is 1.61. The molecule has 0 bridgehead atoms. The van der Waals surface area contributed by atoms with E-state index in [1.54, 1.807) is 24.4 Å². The number of para-hydroxylation sites is 1. The Morgan fingerprint density at radius 3 is 2.41 bits per heavy atom. The Labute approximate surface area is 176 Å². The van der Waals surface area contributed by atoms with E-state index in [2.05, 4.69) is 15.8 Å². The van der Waals surface area contributed by atoms with E-state index in [1.165, 1.54) is 0 Å². The van der Waals surface area contributed by atoms with Gasteiger partial charge in [-0.2, -0.15) is 5.10 Å². The average Bonchev–Trinajstić information content (AvgIpc) is 2.70. The zero-order valence-corrected chi connectivity index (χ0v) is 17.4. The summed E-state index contributed by atoms with van der Waals surface area (Å²) in [6.45, 7) is 2.00. The summed E-state index contributed by atoms with van der Waals surface area (Å²) in [7, 11) is 3.97. The Morgan fingerprint density at radius 2 is 1.72 bits per heavy atom. The third-order valence-electron chi connectivity index (χ3n) is 4.43. The first kappa shape index (κ1) is 20.4. The number of anilines is 3. The quantitative estimate of drug-likeness (QED) is 0.435. The molecule has 0 unspecified atom stereocenters. The van der Waals surface area contributed by atoms with Crippen molar-refractivity contribution in [2.24, 2.45) is 5.10 Å². The normalized spacial score (nSPS) is 10.8. The number of benzene rings is 3. The van der Waals surface area contributed by atoms with Crippen molar-refractivity contribution in [2.45, 2.75) is 6.92 Å². The first-order valence-corrected chi connectivity index (χ1v) is 9.55. The minimum Gasteiger partial charge on any atom is -0.378 e. The van der Waals surface area contributed by atoms with Crippen molar-refractivity contribution in [3.63, 3.8) is 0 Å². The fraction of sp³-hybridized carbons (Fsp3) is 0.130. The van der Waals surface area contributed by atoms with Crippen LogP contribution in [0.1, 0.15) is 21.5 Å². The second-order valence-corrected chi connectivity index (χ2v) is 7.25. The lowest BCUT2D eigenvalue weighted by Gasteiger charge is -2.13. The monoisotopic (exact) mass is 406 g/mol. The van der Waals surface area contributed by atoms with Crippen LogP contribution in [0.5, 0.6) is 0 Å². The Morgan fingerprint density at radius 1 is 1.00 bits per heavy atom. The van der Waals surface area contributed by atoms with Gasteiger partial charge in [-0.15, -0.1) is 0 Å². The van der Waals surface area contributed by atoms with Crippen molar-refractivity contribution in [1.29, 1.82) is 0 Å². The number of halogens is 1. The van der Waals surface area contributed by atoms with Gasteiger partial charge in [-0.1, -0.05) is 41.9 Å². The second-order valence-electron chi connectivity index (χ2n) is 6.81. The van der Waals surface area contributed by atoms with Gasteiger partial charge in [0.05, 0.1) is 17.5 Å². The van der Waals surface area contributed by atoms with Crippen molar-refractivity contribution in [2.75, 3.05) is 24.3 Å². The lowest BCUT2D eigenvalue weighted by Crippen LogP contribution is -2.19. The van der Waals surface area contributed by atoms with E-state index in [0.717, 1.165) is 22.5 Å². The van der Waals surface area contributed by atoms with E-state index in [4.69, 9.17) is 11.6 Å². The van der Waals surface area contributed by atoms with Crippen molar-refractivity contribution in [3.8, 4) is 0 Å². The molecule has 1 amide bonds. The van der Waals surface area contributed by atoms with Gasteiger partial charge in [-0.05, 0) is 54.4 Å². The number of hydrazone groups is 1. The summed E-state index contributed by atoms with van der Waals surface area (Å²) in [6, 6.07) is 20.8. The zero-order chi connectivity index (χ0) is 20.8. The molecule has 0 aliphatic heterocycles. The van der Waals surface area contributed by atoms with Crippen molar-refractivity contribution in [1.82, 2.24) is 5.43 Å². The molecule has 5 nitrogen and oxygen atoms in total. The summed E-state index contributed by atoms with van der Waals surface area (Å²) in [4.78, 5) is 14.7. The highest BCUT2D eigenvalue weighted by Gasteiger charge is 2.12. The molecular weight excluding hydrogens is 384 g/mol. The molecule has 0 radical (unpaired) electrons. The molecule has 3 aromatic rings. The van der Waals surface area contributed by atoms with Crippen molar-refractivity contribution >= 4 is 40.8 Å². The number of amides is 1. The van der Waals surface area contributed by atoms with E-state index in [9.17, 15) is 4.79 Å². The van der Waals surface area contributed by atoms with Gasteiger partial charge in [0.15, 0.2) is 0 Å². The number of hydrogen-bond acceptors (Lipinski definition) is 4. The van der Waals surface area contributed by atoms with Crippen LogP contribution in [0.15, 0.2) is 71.8 Å². The third-order valence-corrected chi connectivity index (χ3v) is 4.66. The molecule has 0 fully saturated rings. The summed E-state index contributed by atoms with van der Waals surface area (Å²) in [5.41, 5.74) is 7.63. The predicted molar refractivity (Wildman–Crippen MR) is 122 cm³/mol. The molecule has 0 saturated carbocycles. The number of nitrogens with one attached hydrogen (secondary N) is 2. The van der Waals surface area contributed by atoms with E-state index in [1.807, 2.05) is 74.4 Å². The topological polar surface area (TPSA) is 56.7 Å². The minimum atomic E-state index is -0.320. The van der Waals surface area contributed by atoms with Crippen LogP contribution in [-0.2, 0) is 0 Å². The molecule has 0 spiro atoms. The average molecular weight is 407 g/mol. The molecular formula is C23H23ClN4O. The van der Waals surface area contributed by atoms with Gasteiger partial charge in [0, 0.05) is 30.5 Å². The molecule has 148 valence electrons. The van der Waals surface area contributed by atoms with E-state index in [-0.39, 0.29) is 5.91 Å². The molecule has 0 heterocycles. The van der Waals surface area contributed by atoms with Gasteiger partial charge in [-0.3, -0.25) is 4.79 Å². The summed E-state index contributed by atoms with van der Waals surface area (Å²) in [5.74, 6) is -0.320. The van der Waals surface area contributed by atoms with Crippen LogP contribution in [0.2, 0.25) is 5.02 Å². The van der Waals surface area contributed by atoms with Crippen LogP contribution >= 0.6 is 11.6 Å². The molecule has 0 aromatic heterocycles. The van der Waals surface area contributed by atoms with Gasteiger partial charge in [-0.25, -0.2) is 5.43 Å². The Kier molecular flexibility index (Phi) is 6.52. The maximum absolute atomic E-state index is 12.7. The third kappa shape index (κ3) is 5.36. The van der Waals surface area contributed by atoms with Crippen molar-refractivity contribution < 1.29 is 4.79 Å². The number of carbonyl (C=O) groups excluding carboxylic acids is 1. The first-order valence-electron chi connectivity index (χ1n) is 9.17. The largest absolute Gasteiger partial charge is 0.378 e.